The predicted molar refractivity (Wildman–Crippen MR) is 100 cm³/mol. The lowest BCUT2D eigenvalue weighted by atomic mass is 9.91. The van der Waals surface area contributed by atoms with E-state index in [1.807, 2.05) is 30.3 Å². The maximum absolute atomic E-state index is 12.7. The van der Waals surface area contributed by atoms with Gasteiger partial charge in [-0.2, -0.15) is 0 Å². The van der Waals surface area contributed by atoms with Gasteiger partial charge in [0.05, 0.1) is 0 Å². The highest BCUT2D eigenvalue weighted by molar-refractivity contribution is 5.97. The highest BCUT2D eigenvalue weighted by Gasteiger charge is 2.20. The van der Waals surface area contributed by atoms with Crippen LogP contribution in [0.4, 0.5) is 0 Å². The zero-order chi connectivity index (χ0) is 16.9. The largest absolute Gasteiger partial charge is 0.309 e. The Morgan fingerprint density at radius 1 is 0.913 bits per heavy atom. The molecule has 0 fully saturated rings. The number of Topliss-reactive ketones (excluding diaryl/α,β-unsaturated/α-hetero) is 1. The maximum atomic E-state index is 12.7. The molecule has 0 saturated carbocycles. The molecule has 130 valence electrons. The van der Waals surface area contributed by atoms with Crippen molar-refractivity contribution in [3.8, 4) is 0 Å². The van der Waals surface area contributed by atoms with Crippen LogP contribution >= 0.6 is 0 Å². The first-order valence-corrected chi connectivity index (χ1v) is 9.39. The molecule has 1 aromatic rings. The zero-order valence-corrected chi connectivity index (χ0v) is 15.4. The first kappa shape index (κ1) is 19.9. The number of unbranched alkanes of at least 4 members (excludes halogenated alkanes) is 7. The fourth-order valence-electron chi connectivity index (χ4n) is 3.11. The topological polar surface area (TPSA) is 20.3 Å². The minimum absolute atomic E-state index is 0.132. The molecule has 1 atom stereocenters. The molecule has 0 aromatic heterocycles. The lowest BCUT2D eigenvalue weighted by Crippen LogP contribution is -2.28. The highest BCUT2D eigenvalue weighted by atomic mass is 16.1. The van der Waals surface area contributed by atoms with Crippen molar-refractivity contribution in [1.82, 2.24) is 4.90 Å². The second-order valence-electron chi connectivity index (χ2n) is 6.95. The Bertz CT molecular complexity index is 413. The molecule has 2 nitrogen and oxygen atoms in total. The summed E-state index contributed by atoms with van der Waals surface area (Å²) in [4.78, 5) is 14.8. The zero-order valence-electron chi connectivity index (χ0n) is 15.4. The minimum Gasteiger partial charge on any atom is -0.309 e. The molecule has 23 heavy (non-hydrogen) atoms. The smallest absolute Gasteiger partial charge is 0.167 e. The maximum Gasteiger partial charge on any atom is 0.167 e. The number of nitrogens with zero attached hydrogens (tertiary/aromatic N) is 1. The van der Waals surface area contributed by atoms with E-state index in [0.29, 0.717) is 5.78 Å². The summed E-state index contributed by atoms with van der Waals surface area (Å²) in [5, 5.41) is 0. The van der Waals surface area contributed by atoms with Crippen molar-refractivity contribution < 1.29 is 4.79 Å². The van der Waals surface area contributed by atoms with Gasteiger partial charge in [0.1, 0.15) is 0 Å². The summed E-state index contributed by atoms with van der Waals surface area (Å²) in [7, 11) is 4.11. The van der Waals surface area contributed by atoms with Crippen LogP contribution in [0.3, 0.4) is 0 Å². The van der Waals surface area contributed by atoms with Gasteiger partial charge in [-0.1, -0.05) is 88.6 Å². The Kier molecular flexibility index (Phi) is 10.6. The van der Waals surface area contributed by atoms with Crippen LogP contribution in [-0.2, 0) is 0 Å². The molecule has 0 aliphatic rings. The first-order valence-electron chi connectivity index (χ1n) is 9.39. The van der Waals surface area contributed by atoms with Crippen molar-refractivity contribution in [2.45, 2.75) is 64.7 Å². The van der Waals surface area contributed by atoms with E-state index >= 15 is 0 Å². The Morgan fingerprint density at radius 2 is 1.48 bits per heavy atom. The lowest BCUT2D eigenvalue weighted by Gasteiger charge is -2.20. The van der Waals surface area contributed by atoms with Crippen molar-refractivity contribution in [2.75, 3.05) is 20.6 Å². The van der Waals surface area contributed by atoms with Crippen molar-refractivity contribution in [3.05, 3.63) is 35.9 Å². The summed E-state index contributed by atoms with van der Waals surface area (Å²) in [6.07, 6.45) is 11.6. The highest BCUT2D eigenvalue weighted by Crippen LogP contribution is 2.18. The molecule has 0 radical (unpaired) electrons. The molecule has 0 heterocycles. The average molecular weight is 318 g/mol. The summed E-state index contributed by atoms with van der Waals surface area (Å²) in [6.45, 7) is 3.11. The fourth-order valence-corrected chi connectivity index (χ4v) is 3.11. The number of hydrogen-bond donors (Lipinski definition) is 0. The fraction of sp³-hybridized carbons (Fsp3) is 0.667. The van der Waals surface area contributed by atoms with Crippen LogP contribution in [-0.4, -0.2) is 31.3 Å². The van der Waals surface area contributed by atoms with Crippen LogP contribution in [0, 0.1) is 5.92 Å². The van der Waals surface area contributed by atoms with Crippen LogP contribution in [0.2, 0.25) is 0 Å². The Morgan fingerprint density at radius 3 is 2.04 bits per heavy atom. The molecule has 0 amide bonds. The molecule has 0 N–H and O–H groups in total. The second kappa shape index (κ2) is 12.3. The van der Waals surface area contributed by atoms with Gasteiger partial charge < -0.3 is 4.90 Å². The van der Waals surface area contributed by atoms with Crippen LogP contribution in [0.15, 0.2) is 30.3 Å². The molecule has 0 bridgehead atoms. The van der Waals surface area contributed by atoms with E-state index in [2.05, 4.69) is 25.9 Å². The summed E-state index contributed by atoms with van der Waals surface area (Å²) >= 11 is 0. The first-order chi connectivity index (χ1) is 11.1. The second-order valence-corrected chi connectivity index (χ2v) is 6.95. The summed E-state index contributed by atoms with van der Waals surface area (Å²) in [6, 6.07) is 9.76. The molecule has 2 heteroatoms. The molecule has 0 spiro atoms. The summed E-state index contributed by atoms with van der Waals surface area (Å²) < 4.78 is 0. The van der Waals surface area contributed by atoms with E-state index in [0.717, 1.165) is 18.5 Å². The molecule has 0 saturated heterocycles. The number of ketones is 1. The third-order valence-electron chi connectivity index (χ3n) is 4.42. The Balaban J connectivity index is 2.33. The number of benzene rings is 1. The molecule has 1 rings (SSSR count). The molecule has 1 aromatic carbocycles. The van der Waals surface area contributed by atoms with E-state index in [1.165, 1.54) is 51.4 Å². The molecular weight excluding hydrogens is 282 g/mol. The van der Waals surface area contributed by atoms with Gasteiger partial charge in [-0.05, 0) is 20.5 Å². The van der Waals surface area contributed by atoms with Gasteiger partial charge in [0.2, 0.25) is 0 Å². The number of carbonyl (C=O) groups excluding carboxylic acids is 1. The quantitative estimate of drug-likeness (QED) is 0.350. The van der Waals surface area contributed by atoms with Gasteiger partial charge in [0.15, 0.2) is 5.78 Å². The van der Waals surface area contributed by atoms with Crippen LogP contribution < -0.4 is 0 Å². The van der Waals surface area contributed by atoms with Gasteiger partial charge in [0.25, 0.3) is 0 Å². The van der Waals surface area contributed by atoms with Crippen molar-refractivity contribution >= 4 is 5.78 Å². The van der Waals surface area contributed by atoms with Gasteiger partial charge in [-0.3, -0.25) is 4.79 Å². The lowest BCUT2D eigenvalue weighted by molar-refractivity contribution is 0.0887. The van der Waals surface area contributed by atoms with E-state index in [1.54, 1.807) is 0 Å². The predicted octanol–water partition coefficient (Wildman–Crippen LogP) is 5.58. The Hall–Kier alpha value is -1.15. The van der Waals surface area contributed by atoms with Crippen molar-refractivity contribution in [1.29, 1.82) is 0 Å². The normalized spacial score (nSPS) is 12.5. The minimum atomic E-state index is 0.132. The third-order valence-corrected chi connectivity index (χ3v) is 4.42. The average Bonchev–Trinajstić information content (AvgIpc) is 2.56. The van der Waals surface area contributed by atoms with E-state index in [-0.39, 0.29) is 5.92 Å². The van der Waals surface area contributed by atoms with Crippen LogP contribution in [0.1, 0.15) is 75.1 Å². The monoisotopic (exact) mass is 317 g/mol. The van der Waals surface area contributed by atoms with Gasteiger partial charge in [0, 0.05) is 18.0 Å². The molecule has 0 aliphatic carbocycles. The summed E-state index contributed by atoms with van der Waals surface area (Å²) in [5.41, 5.74) is 0.860. The standard InChI is InChI=1S/C21H35NO/c1-4-5-6-7-8-9-10-12-17-20(18-22(2)3)21(23)19-15-13-11-14-16-19/h11,13-16,20H,4-10,12,17-18H2,1-3H3. The number of rotatable bonds is 13. The van der Waals surface area contributed by atoms with E-state index in [4.69, 9.17) is 0 Å². The molecular formula is C21H35NO. The van der Waals surface area contributed by atoms with Gasteiger partial charge >= 0.3 is 0 Å². The van der Waals surface area contributed by atoms with E-state index in [9.17, 15) is 4.79 Å². The van der Waals surface area contributed by atoms with E-state index < -0.39 is 0 Å². The third kappa shape index (κ3) is 8.90. The number of carbonyl (C=O) groups is 1. The van der Waals surface area contributed by atoms with Crippen LogP contribution in [0.5, 0.6) is 0 Å². The number of hydrogen-bond acceptors (Lipinski definition) is 2. The summed E-state index contributed by atoms with van der Waals surface area (Å²) in [5.74, 6) is 0.440. The molecule has 1 unspecified atom stereocenters. The molecule has 0 aliphatic heterocycles. The SMILES string of the molecule is CCCCCCCCCCC(CN(C)C)C(=O)c1ccccc1. The van der Waals surface area contributed by atoms with Gasteiger partial charge in [-0.25, -0.2) is 0 Å². The van der Waals surface area contributed by atoms with Crippen LogP contribution in [0.25, 0.3) is 0 Å². The van der Waals surface area contributed by atoms with Gasteiger partial charge in [-0.15, -0.1) is 0 Å². The Labute approximate surface area is 143 Å². The van der Waals surface area contributed by atoms with Crippen molar-refractivity contribution in [2.24, 2.45) is 5.92 Å². The van der Waals surface area contributed by atoms with Crippen molar-refractivity contribution in [3.63, 3.8) is 0 Å².